The van der Waals surface area contributed by atoms with Gasteiger partial charge >= 0.3 is 0 Å². The van der Waals surface area contributed by atoms with Gasteiger partial charge in [0.1, 0.15) is 0 Å². The summed E-state index contributed by atoms with van der Waals surface area (Å²) in [6.45, 7) is 6.33. The maximum atomic E-state index is 12.2. The molecule has 1 rings (SSSR count). The molecule has 18 heavy (non-hydrogen) atoms. The lowest BCUT2D eigenvalue weighted by Crippen LogP contribution is -2.22. The number of carbonyl (C=O) groups excluding carboxylic acids is 1. The highest BCUT2D eigenvalue weighted by Gasteiger charge is 2.16. The van der Waals surface area contributed by atoms with Crippen LogP contribution in [0.1, 0.15) is 45.1 Å². The second-order valence-electron chi connectivity index (χ2n) is 4.73. The van der Waals surface area contributed by atoms with E-state index in [9.17, 15) is 4.79 Å². The average molecular weight is 359 g/mol. The topological polar surface area (TPSA) is 29.1 Å². The minimum Gasteiger partial charge on any atom is -0.326 e. The number of aryl methyl sites for hydroxylation is 1. The third-order valence-corrected chi connectivity index (χ3v) is 4.25. The summed E-state index contributed by atoms with van der Waals surface area (Å²) in [6.07, 6.45) is 4.07. The second kappa shape index (κ2) is 7.77. The van der Waals surface area contributed by atoms with E-state index in [2.05, 4.69) is 48.7 Å². The van der Waals surface area contributed by atoms with Gasteiger partial charge in [0.15, 0.2) is 0 Å². The number of amides is 1. The molecule has 0 aromatic heterocycles. The van der Waals surface area contributed by atoms with E-state index in [0.29, 0.717) is 0 Å². The van der Waals surface area contributed by atoms with Crippen molar-refractivity contribution in [3.8, 4) is 0 Å². The molecule has 0 unspecified atom stereocenters. The highest BCUT2D eigenvalue weighted by Crippen LogP contribution is 2.20. The van der Waals surface area contributed by atoms with E-state index in [1.807, 2.05) is 18.2 Å². The normalized spacial score (nSPS) is 10.7. The van der Waals surface area contributed by atoms with Crippen LogP contribution in [0.4, 0.5) is 5.69 Å². The summed E-state index contributed by atoms with van der Waals surface area (Å²) < 4.78 is 1.19. The number of benzene rings is 1. The molecule has 0 saturated heterocycles. The lowest BCUT2D eigenvalue weighted by Gasteiger charge is -2.15. The Bertz CT molecular complexity index is 397. The first-order valence-corrected chi connectivity index (χ1v) is 7.73. The Morgan fingerprint density at radius 3 is 2.39 bits per heavy atom. The predicted octanol–water partition coefficient (Wildman–Crippen LogP) is 4.75. The van der Waals surface area contributed by atoms with Gasteiger partial charge in [-0.1, -0.05) is 32.8 Å². The van der Waals surface area contributed by atoms with Crippen LogP contribution in [0.2, 0.25) is 0 Å². The second-order valence-corrected chi connectivity index (χ2v) is 5.89. The molecule has 0 radical (unpaired) electrons. The van der Waals surface area contributed by atoms with Crippen LogP contribution < -0.4 is 5.32 Å². The van der Waals surface area contributed by atoms with Gasteiger partial charge in [0, 0.05) is 15.2 Å². The van der Waals surface area contributed by atoms with Crippen LogP contribution in [0.25, 0.3) is 0 Å². The Kier molecular flexibility index (Phi) is 6.68. The standard InChI is InChI=1S/C15H22INO/c1-4-6-12(7-5-2)15(18)17-13-9-8-11(3)14(16)10-13/h8-10,12H,4-7H2,1-3H3,(H,17,18). The number of halogens is 1. The maximum Gasteiger partial charge on any atom is 0.227 e. The molecule has 3 heteroatoms. The Labute approximate surface area is 124 Å². The van der Waals surface area contributed by atoms with Crippen molar-refractivity contribution in [3.05, 3.63) is 27.3 Å². The first kappa shape index (κ1) is 15.5. The molecule has 0 aliphatic rings. The zero-order chi connectivity index (χ0) is 13.5. The van der Waals surface area contributed by atoms with Crippen LogP contribution in [-0.4, -0.2) is 5.91 Å². The SMILES string of the molecule is CCCC(CCC)C(=O)Nc1ccc(C)c(I)c1. The molecule has 0 bridgehead atoms. The summed E-state index contributed by atoms with van der Waals surface area (Å²) in [5.74, 6) is 0.317. The van der Waals surface area contributed by atoms with Gasteiger partial charge in [-0.05, 0) is 60.1 Å². The van der Waals surface area contributed by atoms with Gasteiger partial charge in [-0.15, -0.1) is 0 Å². The van der Waals surface area contributed by atoms with Crippen molar-refractivity contribution < 1.29 is 4.79 Å². The van der Waals surface area contributed by atoms with Crippen molar-refractivity contribution in [3.63, 3.8) is 0 Å². The molecule has 1 aromatic carbocycles. The lowest BCUT2D eigenvalue weighted by molar-refractivity contribution is -0.120. The molecule has 0 spiro atoms. The molecule has 1 aromatic rings. The van der Waals surface area contributed by atoms with E-state index in [0.717, 1.165) is 31.4 Å². The average Bonchev–Trinajstić information content (AvgIpc) is 2.33. The molecule has 100 valence electrons. The molecule has 0 aliphatic carbocycles. The van der Waals surface area contributed by atoms with Crippen molar-refractivity contribution in [1.29, 1.82) is 0 Å². The van der Waals surface area contributed by atoms with E-state index in [-0.39, 0.29) is 11.8 Å². The molecule has 0 saturated carbocycles. The third-order valence-electron chi connectivity index (χ3n) is 3.08. The predicted molar refractivity (Wildman–Crippen MR) is 85.8 cm³/mol. The van der Waals surface area contributed by atoms with Crippen molar-refractivity contribution in [2.45, 2.75) is 46.5 Å². The number of hydrogen-bond donors (Lipinski definition) is 1. The number of nitrogens with one attached hydrogen (secondary N) is 1. The molecular formula is C15H22INO. The fourth-order valence-electron chi connectivity index (χ4n) is 2.02. The number of hydrogen-bond acceptors (Lipinski definition) is 1. The zero-order valence-electron chi connectivity index (χ0n) is 11.4. The van der Waals surface area contributed by atoms with Gasteiger partial charge in [0.05, 0.1) is 0 Å². The highest BCUT2D eigenvalue weighted by molar-refractivity contribution is 14.1. The Morgan fingerprint density at radius 1 is 1.28 bits per heavy atom. The third kappa shape index (κ3) is 4.59. The Hall–Kier alpha value is -0.580. The van der Waals surface area contributed by atoms with E-state index < -0.39 is 0 Å². The monoisotopic (exact) mass is 359 g/mol. The summed E-state index contributed by atoms with van der Waals surface area (Å²) in [5.41, 5.74) is 2.15. The molecule has 0 aliphatic heterocycles. The molecule has 0 heterocycles. The van der Waals surface area contributed by atoms with Crippen LogP contribution in [0, 0.1) is 16.4 Å². The molecule has 1 N–H and O–H groups in total. The maximum absolute atomic E-state index is 12.2. The van der Waals surface area contributed by atoms with Crippen LogP contribution >= 0.6 is 22.6 Å². The van der Waals surface area contributed by atoms with Crippen LogP contribution in [-0.2, 0) is 4.79 Å². The van der Waals surface area contributed by atoms with Gasteiger partial charge in [-0.25, -0.2) is 0 Å². The van der Waals surface area contributed by atoms with Gasteiger partial charge in [0.2, 0.25) is 5.91 Å². The molecule has 0 fully saturated rings. The molecule has 2 nitrogen and oxygen atoms in total. The molecule has 0 atom stereocenters. The number of carbonyl (C=O) groups is 1. The number of anilines is 1. The zero-order valence-corrected chi connectivity index (χ0v) is 13.6. The minimum absolute atomic E-state index is 0.152. The van der Waals surface area contributed by atoms with Crippen molar-refractivity contribution in [1.82, 2.24) is 0 Å². The smallest absolute Gasteiger partial charge is 0.227 e. The summed E-state index contributed by atoms with van der Waals surface area (Å²) in [6, 6.07) is 6.05. The lowest BCUT2D eigenvalue weighted by atomic mass is 9.97. The van der Waals surface area contributed by atoms with Crippen molar-refractivity contribution in [2.24, 2.45) is 5.92 Å². The van der Waals surface area contributed by atoms with Crippen LogP contribution in [0.5, 0.6) is 0 Å². The first-order valence-electron chi connectivity index (χ1n) is 6.65. The van der Waals surface area contributed by atoms with Gasteiger partial charge in [-0.2, -0.15) is 0 Å². The van der Waals surface area contributed by atoms with Crippen LogP contribution in [0.3, 0.4) is 0 Å². The van der Waals surface area contributed by atoms with Gasteiger partial charge in [-0.3, -0.25) is 4.79 Å². The van der Waals surface area contributed by atoms with Crippen molar-refractivity contribution >= 4 is 34.2 Å². The molecular weight excluding hydrogens is 337 g/mol. The fraction of sp³-hybridized carbons (Fsp3) is 0.533. The summed E-state index contributed by atoms with van der Waals surface area (Å²) in [5, 5.41) is 3.04. The number of rotatable bonds is 6. The summed E-state index contributed by atoms with van der Waals surface area (Å²) in [4.78, 5) is 12.2. The Morgan fingerprint density at radius 2 is 1.89 bits per heavy atom. The van der Waals surface area contributed by atoms with E-state index in [1.165, 1.54) is 9.13 Å². The quantitative estimate of drug-likeness (QED) is 0.730. The van der Waals surface area contributed by atoms with Crippen molar-refractivity contribution in [2.75, 3.05) is 5.32 Å². The van der Waals surface area contributed by atoms with E-state index in [1.54, 1.807) is 0 Å². The van der Waals surface area contributed by atoms with Crippen LogP contribution in [0.15, 0.2) is 18.2 Å². The van der Waals surface area contributed by atoms with Gasteiger partial charge < -0.3 is 5.32 Å². The minimum atomic E-state index is 0.152. The van der Waals surface area contributed by atoms with E-state index in [4.69, 9.17) is 0 Å². The largest absolute Gasteiger partial charge is 0.326 e. The van der Waals surface area contributed by atoms with E-state index >= 15 is 0 Å². The molecule has 1 amide bonds. The van der Waals surface area contributed by atoms with Gasteiger partial charge in [0.25, 0.3) is 0 Å². The summed E-state index contributed by atoms with van der Waals surface area (Å²) >= 11 is 2.30. The highest BCUT2D eigenvalue weighted by atomic mass is 127. The Balaban J connectivity index is 2.69. The summed E-state index contributed by atoms with van der Waals surface area (Å²) in [7, 11) is 0. The fourth-order valence-corrected chi connectivity index (χ4v) is 2.53. The first-order chi connectivity index (χ1) is 8.58.